The van der Waals surface area contributed by atoms with Crippen LogP contribution in [0.15, 0.2) is 36.4 Å². The standard InChI is InChI=1S/C22H23ClFN3O3/c1-30-19-8-7-15(23)12-18(19)27-13-14(11-20(27)28)22(29)25-21-16(24)5-4-6-17(21)26-9-2-3-10-26/h4-8,12,14H,2-3,9-11,13H2,1H3,(H,25,29). The van der Waals surface area contributed by atoms with Gasteiger partial charge in [0.25, 0.3) is 0 Å². The topological polar surface area (TPSA) is 61.9 Å². The van der Waals surface area contributed by atoms with Crippen LogP contribution in [0.25, 0.3) is 0 Å². The monoisotopic (exact) mass is 431 g/mol. The summed E-state index contributed by atoms with van der Waals surface area (Å²) < 4.78 is 19.9. The van der Waals surface area contributed by atoms with Crippen molar-refractivity contribution in [3.05, 3.63) is 47.2 Å². The van der Waals surface area contributed by atoms with Crippen LogP contribution in [0.1, 0.15) is 19.3 Å². The maximum atomic E-state index is 14.6. The minimum atomic E-state index is -0.604. The number of hydrogen-bond acceptors (Lipinski definition) is 4. The largest absolute Gasteiger partial charge is 0.495 e. The Morgan fingerprint density at radius 3 is 2.70 bits per heavy atom. The van der Waals surface area contributed by atoms with Crippen molar-refractivity contribution in [1.29, 1.82) is 0 Å². The van der Waals surface area contributed by atoms with E-state index in [2.05, 4.69) is 10.2 Å². The van der Waals surface area contributed by atoms with Crippen LogP contribution in [0.5, 0.6) is 5.75 Å². The number of benzene rings is 2. The number of nitrogens with zero attached hydrogens (tertiary/aromatic N) is 2. The van der Waals surface area contributed by atoms with Gasteiger partial charge in [0, 0.05) is 31.1 Å². The Bertz CT molecular complexity index is 978. The molecule has 2 aromatic carbocycles. The Balaban J connectivity index is 1.54. The van der Waals surface area contributed by atoms with Gasteiger partial charge in [0.05, 0.1) is 24.4 Å². The average molecular weight is 432 g/mol. The molecule has 8 heteroatoms. The number of carbonyl (C=O) groups is 2. The highest BCUT2D eigenvalue weighted by molar-refractivity contribution is 6.31. The van der Waals surface area contributed by atoms with E-state index in [1.165, 1.54) is 18.1 Å². The van der Waals surface area contributed by atoms with Gasteiger partial charge in [-0.1, -0.05) is 17.7 Å². The molecule has 6 nitrogen and oxygen atoms in total. The van der Waals surface area contributed by atoms with Crippen LogP contribution in [-0.4, -0.2) is 38.6 Å². The number of rotatable bonds is 5. The van der Waals surface area contributed by atoms with E-state index >= 15 is 0 Å². The highest BCUT2D eigenvalue weighted by Crippen LogP contribution is 2.36. The van der Waals surface area contributed by atoms with Crippen LogP contribution >= 0.6 is 11.6 Å². The second-order valence-electron chi connectivity index (χ2n) is 7.54. The lowest BCUT2D eigenvalue weighted by molar-refractivity contribution is -0.122. The third kappa shape index (κ3) is 3.94. The van der Waals surface area contributed by atoms with Crippen molar-refractivity contribution in [2.24, 2.45) is 5.92 Å². The molecule has 0 spiro atoms. The molecule has 30 heavy (non-hydrogen) atoms. The highest BCUT2D eigenvalue weighted by atomic mass is 35.5. The van der Waals surface area contributed by atoms with Crippen molar-refractivity contribution in [2.45, 2.75) is 19.3 Å². The van der Waals surface area contributed by atoms with Crippen molar-refractivity contribution in [2.75, 3.05) is 41.9 Å². The zero-order valence-electron chi connectivity index (χ0n) is 16.7. The van der Waals surface area contributed by atoms with Crippen LogP contribution in [0.4, 0.5) is 21.5 Å². The minimum Gasteiger partial charge on any atom is -0.495 e. The molecule has 0 aliphatic carbocycles. The summed E-state index contributed by atoms with van der Waals surface area (Å²) in [5, 5.41) is 3.20. The van der Waals surface area contributed by atoms with Gasteiger partial charge in [0.15, 0.2) is 0 Å². The number of carbonyl (C=O) groups excluding carboxylic acids is 2. The molecule has 158 valence electrons. The zero-order chi connectivity index (χ0) is 21.3. The molecule has 2 saturated heterocycles. The fraction of sp³-hybridized carbons (Fsp3) is 0.364. The summed E-state index contributed by atoms with van der Waals surface area (Å²) in [5.74, 6) is -1.17. The highest BCUT2D eigenvalue weighted by Gasteiger charge is 2.37. The predicted molar refractivity (Wildman–Crippen MR) is 115 cm³/mol. The van der Waals surface area contributed by atoms with Crippen molar-refractivity contribution < 1.29 is 18.7 Å². The second-order valence-corrected chi connectivity index (χ2v) is 7.98. The molecule has 1 N–H and O–H groups in total. The van der Waals surface area contributed by atoms with Crippen LogP contribution in [0.2, 0.25) is 5.02 Å². The Morgan fingerprint density at radius 2 is 1.97 bits per heavy atom. The lowest BCUT2D eigenvalue weighted by Crippen LogP contribution is -2.29. The quantitative estimate of drug-likeness (QED) is 0.774. The van der Waals surface area contributed by atoms with E-state index in [0.29, 0.717) is 22.1 Å². The first-order valence-corrected chi connectivity index (χ1v) is 10.3. The van der Waals surface area contributed by atoms with Crippen LogP contribution in [-0.2, 0) is 9.59 Å². The van der Waals surface area contributed by atoms with Crippen LogP contribution < -0.4 is 19.9 Å². The fourth-order valence-corrected chi connectivity index (χ4v) is 4.24. The van der Waals surface area contributed by atoms with E-state index < -0.39 is 11.7 Å². The normalized spacial score (nSPS) is 18.8. The van der Waals surface area contributed by atoms with Gasteiger partial charge >= 0.3 is 0 Å². The minimum absolute atomic E-state index is 0.0367. The summed E-state index contributed by atoms with van der Waals surface area (Å²) in [4.78, 5) is 29.1. The Morgan fingerprint density at radius 1 is 1.20 bits per heavy atom. The van der Waals surface area contributed by atoms with E-state index in [9.17, 15) is 14.0 Å². The smallest absolute Gasteiger partial charge is 0.229 e. The van der Waals surface area contributed by atoms with E-state index in [1.807, 2.05) is 6.07 Å². The molecule has 1 atom stereocenters. The summed E-state index contributed by atoms with van der Waals surface area (Å²) in [5.41, 5.74) is 1.38. The van der Waals surface area contributed by atoms with Gasteiger partial charge in [-0.2, -0.15) is 0 Å². The third-order valence-corrected chi connectivity index (χ3v) is 5.85. The molecular formula is C22H23ClFN3O3. The predicted octanol–water partition coefficient (Wildman–Crippen LogP) is 4.08. The van der Waals surface area contributed by atoms with E-state index in [4.69, 9.17) is 16.3 Å². The molecule has 2 amide bonds. The maximum absolute atomic E-state index is 14.6. The fourth-order valence-electron chi connectivity index (χ4n) is 4.07. The van der Waals surface area contributed by atoms with Gasteiger partial charge in [-0.05, 0) is 43.2 Å². The molecule has 0 aromatic heterocycles. The molecule has 2 fully saturated rings. The van der Waals surface area contributed by atoms with E-state index in [-0.39, 0.29) is 30.5 Å². The Kier molecular flexibility index (Phi) is 5.81. The summed E-state index contributed by atoms with van der Waals surface area (Å²) in [6.07, 6.45) is 2.11. The van der Waals surface area contributed by atoms with E-state index in [0.717, 1.165) is 25.9 Å². The third-order valence-electron chi connectivity index (χ3n) is 5.61. The van der Waals surface area contributed by atoms with Crippen molar-refractivity contribution >= 4 is 40.5 Å². The summed E-state index contributed by atoms with van der Waals surface area (Å²) in [7, 11) is 1.51. The summed E-state index contributed by atoms with van der Waals surface area (Å²) in [6.45, 7) is 1.84. The number of para-hydroxylation sites is 1. The lowest BCUT2D eigenvalue weighted by atomic mass is 10.1. The molecule has 0 saturated carbocycles. The summed E-state index contributed by atoms with van der Waals surface area (Å²) >= 11 is 6.08. The van der Waals surface area contributed by atoms with Gasteiger partial charge in [-0.15, -0.1) is 0 Å². The first-order valence-electron chi connectivity index (χ1n) is 9.96. The number of amides is 2. The first kappa shape index (κ1) is 20.5. The maximum Gasteiger partial charge on any atom is 0.229 e. The number of hydrogen-bond donors (Lipinski definition) is 1. The number of halogens is 2. The van der Waals surface area contributed by atoms with Crippen LogP contribution in [0.3, 0.4) is 0 Å². The average Bonchev–Trinajstić information content (AvgIpc) is 3.39. The molecule has 2 heterocycles. The number of nitrogens with one attached hydrogen (secondary N) is 1. The zero-order valence-corrected chi connectivity index (χ0v) is 17.4. The molecular weight excluding hydrogens is 409 g/mol. The van der Waals surface area contributed by atoms with Gasteiger partial charge in [0.1, 0.15) is 17.3 Å². The van der Waals surface area contributed by atoms with Crippen molar-refractivity contribution in [3.8, 4) is 5.75 Å². The van der Waals surface area contributed by atoms with Gasteiger partial charge < -0.3 is 19.9 Å². The summed E-state index contributed by atoms with van der Waals surface area (Å²) in [6, 6.07) is 9.78. The molecule has 1 unspecified atom stereocenters. The van der Waals surface area contributed by atoms with Crippen molar-refractivity contribution in [3.63, 3.8) is 0 Å². The molecule has 2 aliphatic rings. The number of anilines is 3. The molecule has 4 rings (SSSR count). The molecule has 2 aliphatic heterocycles. The first-order chi connectivity index (χ1) is 14.5. The SMILES string of the molecule is COc1ccc(Cl)cc1N1CC(C(=O)Nc2c(F)cccc2N2CCCC2)CC1=O. The number of ether oxygens (including phenoxy) is 1. The molecule has 0 bridgehead atoms. The van der Waals surface area contributed by atoms with Crippen LogP contribution in [0, 0.1) is 11.7 Å². The Hall–Kier alpha value is -2.80. The number of methoxy groups -OCH3 is 1. The molecule has 0 radical (unpaired) electrons. The van der Waals surface area contributed by atoms with Gasteiger partial charge in [-0.3, -0.25) is 9.59 Å². The van der Waals surface area contributed by atoms with Crippen molar-refractivity contribution in [1.82, 2.24) is 0 Å². The van der Waals surface area contributed by atoms with Gasteiger partial charge in [0.2, 0.25) is 11.8 Å². The second kappa shape index (κ2) is 8.52. The lowest BCUT2D eigenvalue weighted by Gasteiger charge is -2.23. The van der Waals surface area contributed by atoms with Gasteiger partial charge in [-0.25, -0.2) is 4.39 Å². The Labute approximate surface area is 179 Å². The molecule has 2 aromatic rings. The van der Waals surface area contributed by atoms with E-state index in [1.54, 1.807) is 24.3 Å².